The Hall–Kier alpha value is -1.95. The number of nitrogens with one attached hydrogen (secondary N) is 1. The lowest BCUT2D eigenvalue weighted by molar-refractivity contribution is 0.0984. The molecular weight excluding hydrogens is 450 g/mol. The van der Waals surface area contributed by atoms with E-state index in [4.69, 9.17) is 11.6 Å². The van der Waals surface area contributed by atoms with Gasteiger partial charge in [-0.05, 0) is 72.2 Å². The molecule has 1 heterocycles. The second-order valence-electron chi connectivity index (χ2n) is 9.88. The number of carbonyl (C=O) groups is 1. The van der Waals surface area contributed by atoms with E-state index in [2.05, 4.69) is 52.6 Å². The molecule has 2 aromatic carbocycles. The molecule has 1 N–H and O–H groups in total. The fourth-order valence-electron chi connectivity index (χ4n) is 4.97. The minimum Gasteiger partial charge on any atom is -0.369 e. The lowest BCUT2D eigenvalue weighted by Gasteiger charge is -2.39. The number of allylic oxidation sites excluding steroid dienone is 1. The monoisotopic (exact) mass is 483 g/mol. The van der Waals surface area contributed by atoms with Crippen molar-refractivity contribution in [2.75, 3.05) is 43.9 Å². The summed E-state index contributed by atoms with van der Waals surface area (Å²) in [7, 11) is 0. The molecule has 0 saturated carbocycles. The van der Waals surface area contributed by atoms with Gasteiger partial charge in [0.05, 0.1) is 0 Å². The number of carbonyl (C=O) groups excluding carboxylic acids is 1. The van der Waals surface area contributed by atoms with Gasteiger partial charge in [0.1, 0.15) is 0 Å². The van der Waals surface area contributed by atoms with E-state index in [1.165, 1.54) is 35.2 Å². The Kier molecular flexibility index (Phi) is 7.72. The third kappa shape index (κ3) is 6.14. The molecule has 0 bridgehead atoms. The van der Waals surface area contributed by atoms with E-state index >= 15 is 0 Å². The van der Waals surface area contributed by atoms with E-state index < -0.39 is 0 Å². The summed E-state index contributed by atoms with van der Waals surface area (Å²) >= 11 is 7.47. The normalized spacial score (nSPS) is 19.0. The van der Waals surface area contributed by atoms with E-state index in [1.54, 1.807) is 5.57 Å². The number of nitrogens with zero attached hydrogens (tertiary/aromatic N) is 2. The first kappa shape index (κ1) is 24.2. The van der Waals surface area contributed by atoms with Crippen LogP contribution in [0.4, 0.5) is 5.69 Å². The van der Waals surface area contributed by atoms with E-state index in [9.17, 15) is 4.79 Å². The summed E-state index contributed by atoms with van der Waals surface area (Å²) < 4.78 is 2.78. The molecule has 1 amide bonds. The van der Waals surface area contributed by atoms with E-state index in [1.807, 2.05) is 30.5 Å². The van der Waals surface area contributed by atoms with Gasteiger partial charge in [-0.1, -0.05) is 55.1 Å². The van der Waals surface area contributed by atoms with Crippen molar-refractivity contribution in [3.05, 3.63) is 70.3 Å². The molecule has 1 saturated heterocycles. The molecule has 1 aliphatic heterocycles. The summed E-state index contributed by atoms with van der Waals surface area (Å²) in [4.78, 5) is 17.0. The Labute approximate surface area is 207 Å². The Bertz CT molecular complexity index is 993. The fraction of sp³-hybridized carbons (Fsp3) is 0.444. The molecule has 2 aromatic rings. The predicted octanol–water partition coefficient (Wildman–Crippen LogP) is 6.13. The first-order valence-corrected chi connectivity index (χ1v) is 13.3. The summed E-state index contributed by atoms with van der Waals surface area (Å²) in [6.45, 7) is 9.94. The number of rotatable bonds is 6. The van der Waals surface area contributed by atoms with Crippen LogP contribution in [0.5, 0.6) is 0 Å². The number of anilines is 1. The van der Waals surface area contributed by atoms with Crippen LogP contribution >= 0.6 is 23.5 Å². The van der Waals surface area contributed by atoms with Crippen LogP contribution in [0.25, 0.3) is 5.57 Å². The molecule has 0 radical (unpaired) electrons. The van der Waals surface area contributed by atoms with Gasteiger partial charge in [-0.25, -0.2) is 0 Å². The zero-order valence-corrected chi connectivity index (χ0v) is 21.4. The molecule has 0 spiro atoms. The van der Waals surface area contributed by atoms with Crippen LogP contribution in [0.3, 0.4) is 0 Å². The average molecular weight is 484 g/mol. The van der Waals surface area contributed by atoms with Gasteiger partial charge < -0.3 is 4.90 Å². The summed E-state index contributed by atoms with van der Waals surface area (Å²) in [6, 6.07) is 16.3. The topological polar surface area (TPSA) is 35.6 Å². The van der Waals surface area contributed by atoms with Gasteiger partial charge in [0.25, 0.3) is 5.91 Å². The Morgan fingerprint density at radius 3 is 2.33 bits per heavy atom. The van der Waals surface area contributed by atoms with Crippen LogP contribution in [0.15, 0.2) is 54.1 Å². The van der Waals surface area contributed by atoms with Gasteiger partial charge in [0.2, 0.25) is 0 Å². The van der Waals surface area contributed by atoms with Crippen LogP contribution < -0.4 is 9.62 Å². The predicted molar refractivity (Wildman–Crippen MR) is 142 cm³/mol. The maximum Gasteiger partial charge on any atom is 0.261 e. The van der Waals surface area contributed by atoms with Crippen LogP contribution in [-0.4, -0.2) is 49.8 Å². The Morgan fingerprint density at radius 1 is 1.03 bits per heavy atom. The second kappa shape index (κ2) is 10.5. The van der Waals surface area contributed by atoms with E-state index in [-0.39, 0.29) is 5.91 Å². The van der Waals surface area contributed by atoms with Crippen LogP contribution in [-0.2, 0) is 0 Å². The van der Waals surface area contributed by atoms with Crippen molar-refractivity contribution >= 4 is 40.7 Å². The van der Waals surface area contributed by atoms with Gasteiger partial charge in [0.15, 0.2) is 0 Å². The summed E-state index contributed by atoms with van der Waals surface area (Å²) in [5.74, 6) is -0.0426. The number of hydrogen-bond acceptors (Lipinski definition) is 4. The van der Waals surface area contributed by atoms with Crippen molar-refractivity contribution in [2.24, 2.45) is 5.41 Å². The van der Waals surface area contributed by atoms with Gasteiger partial charge in [-0.15, -0.1) is 0 Å². The molecule has 176 valence electrons. The highest BCUT2D eigenvalue weighted by Gasteiger charge is 2.29. The maximum atomic E-state index is 12.0. The lowest BCUT2D eigenvalue weighted by atomic mass is 9.73. The average Bonchev–Trinajstić information content (AvgIpc) is 2.80. The van der Waals surface area contributed by atoms with Crippen LogP contribution in [0.1, 0.15) is 49.0 Å². The summed E-state index contributed by atoms with van der Waals surface area (Å²) in [5, 5.41) is 0.797. The van der Waals surface area contributed by atoms with Crippen molar-refractivity contribution in [3.63, 3.8) is 0 Å². The zero-order chi connectivity index (χ0) is 23.4. The molecule has 1 fully saturated rings. The van der Waals surface area contributed by atoms with Gasteiger partial charge >= 0.3 is 0 Å². The van der Waals surface area contributed by atoms with Gasteiger partial charge in [-0.3, -0.25) is 14.4 Å². The SMILES string of the molecule is CSNC(=O)c1ccc(N2CCN(CC3=C(c4ccc(Cl)cc4)CCC(C)(C)C3)CC2)cc1. The molecule has 0 aromatic heterocycles. The molecule has 2 aliphatic rings. The first-order valence-electron chi connectivity index (χ1n) is 11.7. The molecule has 0 atom stereocenters. The number of halogens is 1. The minimum atomic E-state index is -0.0426. The van der Waals surface area contributed by atoms with Gasteiger partial charge in [0, 0.05) is 55.3 Å². The molecule has 33 heavy (non-hydrogen) atoms. The standard InChI is InChI=1S/C27H34ClN3OS/c1-27(2)13-12-25(20-4-8-23(28)9-5-20)22(18-27)19-30-14-16-31(17-15-30)24-10-6-21(7-11-24)26(32)29-33-3/h4-11H,12-19H2,1-3H3,(H,29,32). The Morgan fingerprint density at radius 2 is 1.70 bits per heavy atom. The summed E-state index contributed by atoms with van der Waals surface area (Å²) in [6.07, 6.45) is 5.38. The molecule has 4 nitrogen and oxygen atoms in total. The Balaban J connectivity index is 1.41. The lowest BCUT2D eigenvalue weighted by Crippen LogP contribution is -2.47. The van der Waals surface area contributed by atoms with Crippen molar-refractivity contribution in [1.82, 2.24) is 9.62 Å². The van der Waals surface area contributed by atoms with Crippen LogP contribution in [0.2, 0.25) is 5.02 Å². The molecular formula is C27H34ClN3OS. The minimum absolute atomic E-state index is 0.0426. The fourth-order valence-corrected chi connectivity index (χ4v) is 5.40. The zero-order valence-electron chi connectivity index (χ0n) is 19.9. The molecule has 0 unspecified atom stereocenters. The number of benzene rings is 2. The molecule has 6 heteroatoms. The quantitative estimate of drug-likeness (QED) is 0.501. The molecule has 1 aliphatic carbocycles. The number of amides is 1. The third-order valence-corrected chi connectivity index (χ3v) is 7.48. The highest BCUT2D eigenvalue weighted by molar-refractivity contribution is 7.97. The first-order chi connectivity index (χ1) is 15.8. The maximum absolute atomic E-state index is 12.0. The number of piperazine rings is 1. The van der Waals surface area contributed by atoms with Crippen molar-refractivity contribution in [3.8, 4) is 0 Å². The highest BCUT2D eigenvalue weighted by Crippen LogP contribution is 2.42. The highest BCUT2D eigenvalue weighted by atomic mass is 35.5. The third-order valence-electron chi connectivity index (χ3n) is 6.84. The van der Waals surface area contributed by atoms with Crippen molar-refractivity contribution < 1.29 is 4.79 Å². The van der Waals surface area contributed by atoms with Crippen molar-refractivity contribution in [1.29, 1.82) is 0 Å². The largest absolute Gasteiger partial charge is 0.369 e. The van der Waals surface area contributed by atoms with E-state index in [0.29, 0.717) is 11.0 Å². The van der Waals surface area contributed by atoms with Crippen LogP contribution in [0, 0.1) is 5.41 Å². The second-order valence-corrected chi connectivity index (χ2v) is 10.9. The summed E-state index contributed by atoms with van der Waals surface area (Å²) in [5.41, 5.74) is 6.69. The number of hydrogen-bond donors (Lipinski definition) is 1. The van der Waals surface area contributed by atoms with E-state index in [0.717, 1.165) is 50.6 Å². The smallest absolute Gasteiger partial charge is 0.261 e. The molecule has 4 rings (SSSR count). The van der Waals surface area contributed by atoms with Crippen molar-refractivity contribution in [2.45, 2.75) is 33.1 Å². The van der Waals surface area contributed by atoms with Gasteiger partial charge in [-0.2, -0.15) is 0 Å².